The minimum absolute atomic E-state index is 0.662. The van der Waals surface area contributed by atoms with Gasteiger partial charge in [-0.1, -0.05) is 42.5 Å². The van der Waals surface area contributed by atoms with Gasteiger partial charge in [0.2, 0.25) is 0 Å². The average molecular weight is 320 g/mol. The zero-order chi connectivity index (χ0) is 14.7. The first-order valence-electron chi connectivity index (χ1n) is 6.83. The molecule has 1 heterocycles. The molecule has 0 saturated carbocycles. The van der Waals surface area contributed by atoms with Crippen molar-refractivity contribution >= 4 is 21.8 Å². The summed E-state index contributed by atoms with van der Waals surface area (Å²) in [6, 6.07) is 16.8. The van der Waals surface area contributed by atoms with E-state index in [1.165, 1.54) is 16.4 Å². The molecule has 2 aromatic rings. The van der Waals surface area contributed by atoms with Gasteiger partial charge in [0, 0.05) is 37.4 Å². The number of benzene rings is 2. The maximum absolute atomic E-state index is 6.26. The molecule has 0 aromatic heterocycles. The van der Waals surface area contributed by atoms with E-state index in [0.29, 0.717) is 0 Å². The lowest BCUT2D eigenvalue weighted by Crippen LogP contribution is -2.17. The molecule has 0 spiro atoms. The molecule has 0 bridgehead atoms. The van der Waals surface area contributed by atoms with Crippen molar-refractivity contribution in [2.24, 2.45) is 0 Å². The van der Waals surface area contributed by atoms with Crippen LogP contribution in [-0.2, 0) is 9.05 Å². The zero-order valence-corrected chi connectivity index (χ0v) is 13.9. The van der Waals surface area contributed by atoms with E-state index in [9.17, 15) is 0 Å². The summed E-state index contributed by atoms with van der Waals surface area (Å²) < 4.78 is 17.0. The molecule has 1 aliphatic heterocycles. The summed E-state index contributed by atoms with van der Waals surface area (Å²) >= 11 is 0. The first-order valence-corrected chi connectivity index (χ1v) is 9.64. The molecular formula is C16H18O3P2. The van der Waals surface area contributed by atoms with E-state index in [4.69, 9.17) is 13.6 Å². The third-order valence-electron chi connectivity index (χ3n) is 3.45. The van der Waals surface area contributed by atoms with Crippen molar-refractivity contribution in [1.82, 2.24) is 0 Å². The standard InChI is InChI=1S/C16H18O3P2/c1-17-21(18-2)12-11-20-16-10-6-4-8-14(16)13-7-3-5-9-15(13)19-20/h3-10H,11-12H2,1-2H3. The van der Waals surface area contributed by atoms with Gasteiger partial charge in [-0.3, -0.25) is 0 Å². The quantitative estimate of drug-likeness (QED) is 0.766. The molecule has 2 aromatic carbocycles. The predicted molar refractivity (Wildman–Crippen MR) is 89.7 cm³/mol. The van der Waals surface area contributed by atoms with Gasteiger partial charge in [0.1, 0.15) is 13.9 Å². The Hall–Kier alpha value is -0.980. The first kappa shape index (κ1) is 14.9. The van der Waals surface area contributed by atoms with E-state index in [0.717, 1.165) is 18.1 Å². The van der Waals surface area contributed by atoms with Crippen molar-refractivity contribution in [3.8, 4) is 16.9 Å². The third-order valence-corrected chi connectivity index (χ3v) is 7.18. The van der Waals surface area contributed by atoms with E-state index >= 15 is 0 Å². The number of fused-ring (bicyclic) bond motifs is 3. The molecule has 1 aliphatic rings. The number of para-hydroxylation sites is 1. The van der Waals surface area contributed by atoms with Crippen LogP contribution in [0.2, 0.25) is 0 Å². The second kappa shape index (κ2) is 6.85. The third kappa shape index (κ3) is 3.12. The van der Waals surface area contributed by atoms with Gasteiger partial charge in [-0.15, -0.1) is 0 Å². The van der Waals surface area contributed by atoms with E-state index < -0.39 is 16.5 Å². The largest absolute Gasteiger partial charge is 0.469 e. The van der Waals surface area contributed by atoms with Gasteiger partial charge in [-0.25, -0.2) is 0 Å². The number of rotatable bonds is 5. The van der Waals surface area contributed by atoms with Crippen LogP contribution in [0.25, 0.3) is 11.1 Å². The lowest BCUT2D eigenvalue weighted by Gasteiger charge is -2.28. The van der Waals surface area contributed by atoms with E-state index in [2.05, 4.69) is 42.5 Å². The maximum Gasteiger partial charge on any atom is 0.170 e. The van der Waals surface area contributed by atoms with Crippen LogP contribution in [0.15, 0.2) is 48.5 Å². The highest BCUT2D eigenvalue weighted by Gasteiger charge is 2.26. The van der Waals surface area contributed by atoms with Crippen molar-refractivity contribution in [1.29, 1.82) is 0 Å². The second-order valence-electron chi connectivity index (χ2n) is 4.63. The summed E-state index contributed by atoms with van der Waals surface area (Å²) in [6.07, 6.45) is 1.85. The summed E-state index contributed by atoms with van der Waals surface area (Å²) in [5, 5.41) is 1.31. The smallest absolute Gasteiger partial charge is 0.170 e. The Balaban J connectivity index is 1.88. The fraction of sp³-hybridized carbons (Fsp3) is 0.250. The Labute approximate surface area is 128 Å². The highest BCUT2D eigenvalue weighted by atomic mass is 31.2. The van der Waals surface area contributed by atoms with Gasteiger partial charge in [0.05, 0.1) is 0 Å². The van der Waals surface area contributed by atoms with Crippen LogP contribution in [0.3, 0.4) is 0 Å². The normalized spacial score (nSPS) is 16.2. The molecule has 0 fully saturated rings. The summed E-state index contributed by atoms with van der Waals surface area (Å²) in [7, 11) is 1.94. The minimum atomic E-state index is -0.801. The molecule has 21 heavy (non-hydrogen) atoms. The van der Waals surface area contributed by atoms with Gasteiger partial charge in [0.25, 0.3) is 0 Å². The molecule has 0 saturated heterocycles. The van der Waals surface area contributed by atoms with Crippen molar-refractivity contribution in [3.63, 3.8) is 0 Å². The van der Waals surface area contributed by atoms with Crippen LogP contribution in [0, 0.1) is 0 Å². The highest BCUT2D eigenvalue weighted by molar-refractivity contribution is 7.62. The lowest BCUT2D eigenvalue weighted by molar-refractivity contribution is 0.341. The average Bonchev–Trinajstić information content (AvgIpc) is 2.55. The summed E-state index contributed by atoms with van der Waals surface area (Å²) in [6.45, 7) is 0. The van der Waals surface area contributed by atoms with Gasteiger partial charge in [-0.2, -0.15) is 0 Å². The number of hydrogen-bond donors (Lipinski definition) is 0. The Bertz CT molecular complexity index is 614. The topological polar surface area (TPSA) is 27.7 Å². The van der Waals surface area contributed by atoms with Crippen LogP contribution in [0.4, 0.5) is 0 Å². The van der Waals surface area contributed by atoms with E-state index in [-0.39, 0.29) is 0 Å². The fourth-order valence-corrected chi connectivity index (χ4v) is 5.89. The van der Waals surface area contributed by atoms with E-state index in [1.54, 1.807) is 14.2 Å². The van der Waals surface area contributed by atoms with Gasteiger partial charge >= 0.3 is 0 Å². The fourth-order valence-electron chi connectivity index (χ4n) is 2.45. The van der Waals surface area contributed by atoms with Crippen molar-refractivity contribution < 1.29 is 13.6 Å². The SMILES string of the molecule is COP(CCP1Oc2ccccc2-c2ccccc21)OC. The van der Waals surface area contributed by atoms with Crippen molar-refractivity contribution in [2.75, 3.05) is 26.5 Å². The lowest BCUT2D eigenvalue weighted by atomic mass is 10.0. The van der Waals surface area contributed by atoms with Crippen LogP contribution >= 0.6 is 16.5 Å². The summed E-state index contributed by atoms with van der Waals surface area (Å²) in [4.78, 5) is 0. The zero-order valence-electron chi connectivity index (χ0n) is 12.2. The first-order chi connectivity index (χ1) is 10.3. The summed E-state index contributed by atoms with van der Waals surface area (Å²) in [5.41, 5.74) is 2.48. The van der Waals surface area contributed by atoms with E-state index in [1.807, 2.05) is 6.07 Å². The molecule has 3 nitrogen and oxygen atoms in total. The Morgan fingerprint density at radius 1 is 0.952 bits per heavy atom. The van der Waals surface area contributed by atoms with Gasteiger partial charge in [-0.05, 0) is 11.6 Å². The second-order valence-corrected chi connectivity index (χ2v) is 8.34. The Morgan fingerprint density at radius 2 is 1.62 bits per heavy atom. The Morgan fingerprint density at radius 3 is 2.38 bits per heavy atom. The molecule has 3 rings (SSSR count). The minimum Gasteiger partial charge on any atom is -0.469 e. The Kier molecular flexibility index (Phi) is 4.87. The molecule has 110 valence electrons. The molecular weight excluding hydrogens is 302 g/mol. The monoisotopic (exact) mass is 320 g/mol. The summed E-state index contributed by atoms with van der Waals surface area (Å²) in [5.74, 6) is 0.987. The van der Waals surface area contributed by atoms with Crippen LogP contribution in [0.5, 0.6) is 5.75 Å². The van der Waals surface area contributed by atoms with Crippen molar-refractivity contribution in [3.05, 3.63) is 48.5 Å². The molecule has 0 amide bonds. The molecule has 1 atom stereocenters. The molecule has 0 radical (unpaired) electrons. The van der Waals surface area contributed by atoms with Gasteiger partial charge in [0.15, 0.2) is 8.38 Å². The highest BCUT2D eigenvalue weighted by Crippen LogP contribution is 2.50. The number of hydrogen-bond acceptors (Lipinski definition) is 3. The maximum atomic E-state index is 6.26. The molecule has 5 heteroatoms. The van der Waals surface area contributed by atoms with Gasteiger partial charge < -0.3 is 13.6 Å². The van der Waals surface area contributed by atoms with Crippen LogP contribution < -0.4 is 9.83 Å². The van der Waals surface area contributed by atoms with Crippen LogP contribution in [-0.4, -0.2) is 26.5 Å². The van der Waals surface area contributed by atoms with Crippen molar-refractivity contribution in [2.45, 2.75) is 0 Å². The van der Waals surface area contributed by atoms with Crippen LogP contribution in [0.1, 0.15) is 0 Å². The molecule has 0 N–H and O–H groups in total. The molecule has 0 aliphatic carbocycles. The predicted octanol–water partition coefficient (Wildman–Crippen LogP) is 4.37. The molecule has 1 unspecified atom stereocenters.